The highest BCUT2D eigenvalue weighted by Crippen LogP contribution is 2.43. The Morgan fingerprint density at radius 3 is 1.18 bits per heavy atom. The van der Waals surface area contributed by atoms with Crippen LogP contribution in [0.25, 0.3) is 0 Å². The molecule has 0 fully saturated rings. The molecule has 334 valence electrons. The van der Waals surface area contributed by atoms with Crippen molar-refractivity contribution in [2.45, 2.75) is 251 Å². The number of rotatable bonds is 46. The maximum absolute atomic E-state index is 12.7. The van der Waals surface area contributed by atoms with Gasteiger partial charge < -0.3 is 25.2 Å². The van der Waals surface area contributed by atoms with Crippen molar-refractivity contribution < 1.29 is 42.7 Å². The summed E-state index contributed by atoms with van der Waals surface area (Å²) in [6, 6.07) is -1.47. The van der Waals surface area contributed by atoms with Crippen LogP contribution in [0.15, 0.2) is 0 Å². The Kier molecular flexibility index (Phi) is 41.3. The largest absolute Gasteiger partial charge is 0.480 e. The molecule has 0 heterocycles. The van der Waals surface area contributed by atoms with Gasteiger partial charge in [0.15, 0.2) is 0 Å². The number of carboxylic acids is 1. The molecule has 0 rings (SSSR count). The van der Waals surface area contributed by atoms with E-state index < -0.39 is 45.1 Å². The predicted octanol–water partition coefficient (Wildman–Crippen LogP) is 13.2. The van der Waals surface area contributed by atoms with E-state index in [0.717, 1.165) is 38.5 Å². The lowest BCUT2D eigenvalue weighted by molar-refractivity contribution is -0.154. The molecule has 1 unspecified atom stereocenters. The molecule has 0 bridgehead atoms. The lowest BCUT2D eigenvalue weighted by Crippen LogP contribution is -2.34. The summed E-state index contributed by atoms with van der Waals surface area (Å²) in [7, 11) is -4.61. The Morgan fingerprint density at radius 1 is 0.500 bits per heavy atom. The predicted molar refractivity (Wildman–Crippen MR) is 231 cm³/mol. The van der Waals surface area contributed by atoms with Gasteiger partial charge in [-0.25, -0.2) is 4.57 Å². The van der Waals surface area contributed by atoms with Crippen LogP contribution in [0.4, 0.5) is 0 Å². The molecule has 0 radical (unpaired) electrons. The Hall–Kier alpha value is -1.03. The molecule has 0 amide bonds. The fraction of sp³-hybridized carbons (Fsp3) is 0.956. The molecule has 11 heteroatoms. The fourth-order valence-corrected chi connectivity index (χ4v) is 7.74. The molecule has 0 aliphatic rings. The van der Waals surface area contributed by atoms with Crippen LogP contribution in [-0.4, -0.2) is 60.5 Å². The number of carboxylic acid groups (broad SMARTS) is 1. The Balaban J connectivity index is 4.11. The van der Waals surface area contributed by atoms with Gasteiger partial charge >= 0.3 is 19.8 Å². The van der Waals surface area contributed by atoms with Crippen LogP contribution >= 0.6 is 7.82 Å². The van der Waals surface area contributed by atoms with E-state index in [4.69, 9.17) is 29.4 Å². The molecule has 0 spiro atoms. The third-order valence-electron chi connectivity index (χ3n) is 10.6. The van der Waals surface area contributed by atoms with Crippen LogP contribution in [-0.2, 0) is 32.7 Å². The summed E-state index contributed by atoms with van der Waals surface area (Å²) in [6.45, 7) is 3.94. The number of carbonyl (C=O) groups is 2. The Labute approximate surface area is 344 Å². The normalized spacial score (nSPS) is 13.8. The first-order chi connectivity index (χ1) is 27.2. The van der Waals surface area contributed by atoms with Crippen molar-refractivity contribution in [1.29, 1.82) is 0 Å². The van der Waals surface area contributed by atoms with Gasteiger partial charge in [-0.1, -0.05) is 219 Å². The number of esters is 1. The van der Waals surface area contributed by atoms with Crippen LogP contribution in [0.3, 0.4) is 0 Å². The number of nitrogens with two attached hydrogens (primary N) is 1. The molecular formula is C45H90NO9P. The molecule has 56 heavy (non-hydrogen) atoms. The fourth-order valence-electron chi connectivity index (χ4n) is 6.96. The number of hydrogen-bond acceptors (Lipinski definition) is 8. The zero-order valence-corrected chi connectivity index (χ0v) is 37.4. The lowest BCUT2D eigenvalue weighted by Gasteiger charge is -2.20. The van der Waals surface area contributed by atoms with E-state index in [-0.39, 0.29) is 13.0 Å². The number of unbranched alkanes of at least 4 members (excludes halogenated alkanes) is 32. The van der Waals surface area contributed by atoms with Crippen molar-refractivity contribution in [3.8, 4) is 0 Å². The van der Waals surface area contributed by atoms with Gasteiger partial charge in [0.05, 0.1) is 19.8 Å². The summed E-state index contributed by atoms with van der Waals surface area (Å²) in [5.74, 6) is -1.76. The number of hydrogen-bond donors (Lipinski definition) is 3. The van der Waals surface area contributed by atoms with E-state index >= 15 is 0 Å². The van der Waals surface area contributed by atoms with E-state index in [1.807, 2.05) is 0 Å². The third kappa shape index (κ3) is 41.1. The summed E-state index contributed by atoms with van der Waals surface area (Å²) in [4.78, 5) is 33.6. The summed E-state index contributed by atoms with van der Waals surface area (Å²) < 4.78 is 33.4. The first-order valence-corrected chi connectivity index (χ1v) is 25.1. The zero-order chi connectivity index (χ0) is 41.2. The second kappa shape index (κ2) is 42.1. The summed E-state index contributed by atoms with van der Waals surface area (Å²) in [6.07, 6.45) is 42.9. The van der Waals surface area contributed by atoms with Crippen LogP contribution in [0.5, 0.6) is 0 Å². The topological polar surface area (TPSA) is 155 Å². The van der Waals surface area contributed by atoms with Gasteiger partial charge in [0.1, 0.15) is 12.1 Å². The van der Waals surface area contributed by atoms with Gasteiger partial charge in [0.2, 0.25) is 0 Å². The van der Waals surface area contributed by atoms with E-state index in [9.17, 15) is 19.0 Å². The standard InChI is InChI=1S/C45H90NO9P/c1-3-5-7-9-11-13-15-17-19-20-21-22-23-24-25-27-29-31-33-35-37-44(47)55-42(40-53-56(50,51)54-41-43(46)45(48)49)39-52-38-36-34-32-30-28-26-18-16-14-12-10-8-6-4-2/h42-43H,3-41,46H2,1-2H3,(H,48,49)(H,50,51)/t42-,43+/m1/s1. The van der Waals surface area contributed by atoms with Crippen molar-refractivity contribution >= 4 is 19.8 Å². The van der Waals surface area contributed by atoms with Gasteiger partial charge in [0, 0.05) is 13.0 Å². The quantitative estimate of drug-likeness (QED) is 0.0307. The van der Waals surface area contributed by atoms with Crippen LogP contribution in [0.2, 0.25) is 0 Å². The number of aliphatic carboxylic acids is 1. The second-order valence-electron chi connectivity index (χ2n) is 16.3. The lowest BCUT2D eigenvalue weighted by atomic mass is 10.0. The van der Waals surface area contributed by atoms with E-state index in [1.165, 1.54) is 180 Å². The highest BCUT2D eigenvalue weighted by Gasteiger charge is 2.27. The molecule has 3 atom stereocenters. The number of phosphoric ester groups is 1. The Morgan fingerprint density at radius 2 is 0.821 bits per heavy atom. The highest BCUT2D eigenvalue weighted by atomic mass is 31.2. The van der Waals surface area contributed by atoms with Gasteiger partial charge in [-0.2, -0.15) is 0 Å². The molecule has 0 saturated heterocycles. The minimum absolute atomic E-state index is 0.0259. The maximum Gasteiger partial charge on any atom is 0.472 e. The second-order valence-corrected chi connectivity index (χ2v) is 17.7. The molecule has 10 nitrogen and oxygen atoms in total. The van der Waals surface area contributed by atoms with Crippen molar-refractivity contribution in [2.75, 3.05) is 26.4 Å². The average Bonchev–Trinajstić information content (AvgIpc) is 3.18. The van der Waals surface area contributed by atoms with E-state index in [1.54, 1.807) is 0 Å². The van der Waals surface area contributed by atoms with E-state index in [0.29, 0.717) is 6.61 Å². The number of phosphoric acid groups is 1. The average molecular weight is 820 g/mol. The van der Waals surface area contributed by atoms with Gasteiger partial charge in [0.25, 0.3) is 0 Å². The monoisotopic (exact) mass is 820 g/mol. The first kappa shape index (κ1) is 55.0. The molecule has 0 saturated carbocycles. The molecule has 4 N–H and O–H groups in total. The van der Waals surface area contributed by atoms with Crippen LogP contribution in [0.1, 0.15) is 239 Å². The van der Waals surface area contributed by atoms with Crippen LogP contribution < -0.4 is 5.73 Å². The molecule has 0 aromatic rings. The molecule has 0 aliphatic heterocycles. The summed E-state index contributed by atoms with van der Waals surface area (Å²) in [5.41, 5.74) is 5.36. The smallest absolute Gasteiger partial charge is 0.472 e. The van der Waals surface area contributed by atoms with Crippen molar-refractivity contribution in [1.82, 2.24) is 0 Å². The first-order valence-electron chi connectivity index (χ1n) is 23.6. The van der Waals surface area contributed by atoms with Gasteiger partial charge in [-0.3, -0.25) is 18.6 Å². The minimum Gasteiger partial charge on any atom is -0.480 e. The number of ether oxygens (including phenoxy) is 2. The van der Waals surface area contributed by atoms with E-state index in [2.05, 4.69) is 13.8 Å². The van der Waals surface area contributed by atoms with Crippen molar-refractivity contribution in [2.24, 2.45) is 5.73 Å². The molecule has 0 aromatic heterocycles. The molecule has 0 aliphatic carbocycles. The third-order valence-corrected chi connectivity index (χ3v) is 11.6. The van der Waals surface area contributed by atoms with Gasteiger partial charge in [-0.15, -0.1) is 0 Å². The maximum atomic E-state index is 12.7. The Bertz CT molecular complexity index is 909. The zero-order valence-electron chi connectivity index (χ0n) is 36.5. The number of carbonyl (C=O) groups excluding carboxylic acids is 1. The van der Waals surface area contributed by atoms with Crippen molar-refractivity contribution in [3.63, 3.8) is 0 Å². The molecule has 0 aromatic carbocycles. The molecular weight excluding hydrogens is 729 g/mol. The SMILES string of the molecule is CCCCCCCCCCCCCCCCCCCCCCC(=O)O[C@H](COCCCCCCCCCCCCCCCC)COP(=O)(O)OC[C@H](N)C(=O)O. The van der Waals surface area contributed by atoms with Gasteiger partial charge in [-0.05, 0) is 12.8 Å². The summed E-state index contributed by atoms with van der Waals surface area (Å²) >= 11 is 0. The highest BCUT2D eigenvalue weighted by molar-refractivity contribution is 7.47. The summed E-state index contributed by atoms with van der Waals surface area (Å²) in [5, 5.41) is 8.90. The van der Waals surface area contributed by atoms with Crippen molar-refractivity contribution in [3.05, 3.63) is 0 Å². The van der Waals surface area contributed by atoms with Crippen LogP contribution in [0, 0.1) is 0 Å². The minimum atomic E-state index is -4.61.